The summed E-state index contributed by atoms with van der Waals surface area (Å²) in [5.74, 6) is 1.67. The van der Waals surface area contributed by atoms with Crippen LogP contribution in [-0.4, -0.2) is 19.5 Å². The molecule has 4 heterocycles. The van der Waals surface area contributed by atoms with E-state index in [9.17, 15) is 0 Å². The van der Waals surface area contributed by atoms with Crippen LogP contribution in [-0.2, 0) is 0 Å². The predicted octanol–water partition coefficient (Wildman–Crippen LogP) is 15.2. The Morgan fingerprint density at radius 1 is 0.333 bits per heavy atom. The molecule has 0 spiro atoms. The average molecular weight is 805 g/mol. The molecule has 0 saturated carbocycles. The normalized spacial score (nSPS) is 12.1. The minimum atomic E-state index is 0.536. The van der Waals surface area contributed by atoms with Gasteiger partial charge < -0.3 is 13.4 Å². The molecule has 0 fully saturated rings. The molecule has 0 radical (unpaired) electrons. The lowest BCUT2D eigenvalue weighted by Crippen LogP contribution is -2.02. The summed E-state index contributed by atoms with van der Waals surface area (Å²) in [6.07, 6.45) is 0. The minimum absolute atomic E-state index is 0.536. The molecule has 0 aliphatic rings. The van der Waals surface area contributed by atoms with E-state index in [0.29, 0.717) is 17.5 Å². The number of benzene rings is 10. The first kappa shape index (κ1) is 34.1. The second-order valence-electron chi connectivity index (χ2n) is 16.3. The summed E-state index contributed by atoms with van der Waals surface area (Å²) in [7, 11) is 0. The van der Waals surface area contributed by atoms with Crippen LogP contribution in [0.2, 0.25) is 0 Å². The van der Waals surface area contributed by atoms with Crippen molar-refractivity contribution in [3.8, 4) is 39.9 Å². The Morgan fingerprint density at radius 2 is 0.984 bits per heavy atom. The molecule has 0 aliphatic carbocycles. The average Bonchev–Trinajstić information content (AvgIpc) is 4.03. The van der Waals surface area contributed by atoms with Gasteiger partial charge in [-0.3, -0.25) is 0 Å². The third-order valence-electron chi connectivity index (χ3n) is 12.8. The SMILES string of the molecule is c1ccc(-c2nc(-c3cc(-n4c5cc6ccccc6cc5c5c6ccccc6ccc54)c4c(c3)oc3c5ccccc5ccc34)nc(-c3cccc4oc5ccccc5c34)n2)cc1. The molecule has 0 saturated heterocycles. The molecule has 6 nitrogen and oxygen atoms in total. The first-order valence-electron chi connectivity index (χ1n) is 21.2. The van der Waals surface area contributed by atoms with Crippen molar-refractivity contribution in [2.24, 2.45) is 0 Å². The molecule has 14 rings (SSSR count). The number of hydrogen-bond donors (Lipinski definition) is 0. The van der Waals surface area contributed by atoms with E-state index in [0.717, 1.165) is 88.1 Å². The van der Waals surface area contributed by atoms with Crippen LogP contribution in [0.5, 0.6) is 0 Å². The van der Waals surface area contributed by atoms with Crippen molar-refractivity contribution in [2.75, 3.05) is 0 Å². The van der Waals surface area contributed by atoms with Crippen LogP contribution in [0.3, 0.4) is 0 Å². The summed E-state index contributed by atoms with van der Waals surface area (Å²) < 4.78 is 15.8. The zero-order valence-corrected chi connectivity index (χ0v) is 33.6. The van der Waals surface area contributed by atoms with Crippen LogP contribution in [0.1, 0.15) is 0 Å². The Kier molecular flexibility index (Phi) is 7.02. The topological polar surface area (TPSA) is 69.9 Å². The van der Waals surface area contributed by atoms with Crippen LogP contribution in [0.15, 0.2) is 203 Å². The van der Waals surface area contributed by atoms with Gasteiger partial charge in [-0.05, 0) is 75.5 Å². The maximum Gasteiger partial charge on any atom is 0.164 e. The Morgan fingerprint density at radius 3 is 1.83 bits per heavy atom. The molecule has 0 unspecified atom stereocenters. The van der Waals surface area contributed by atoms with Gasteiger partial charge in [0.1, 0.15) is 22.3 Å². The number of fused-ring (bicyclic) bond motifs is 14. The smallest absolute Gasteiger partial charge is 0.164 e. The highest BCUT2D eigenvalue weighted by atomic mass is 16.3. The molecule has 4 aromatic heterocycles. The Hall–Kier alpha value is -8.61. The van der Waals surface area contributed by atoms with Gasteiger partial charge in [-0.1, -0.05) is 146 Å². The molecule has 0 bridgehead atoms. The summed E-state index contributed by atoms with van der Waals surface area (Å²) in [6.45, 7) is 0. The fraction of sp³-hybridized carbons (Fsp3) is 0. The highest BCUT2D eigenvalue weighted by Crippen LogP contribution is 2.45. The molecule has 0 N–H and O–H groups in total. The quantitative estimate of drug-likeness (QED) is 0.177. The lowest BCUT2D eigenvalue weighted by molar-refractivity contribution is 0.669. The second kappa shape index (κ2) is 12.9. The van der Waals surface area contributed by atoms with Crippen LogP contribution in [0.25, 0.3) is 138 Å². The molecule has 63 heavy (non-hydrogen) atoms. The first-order chi connectivity index (χ1) is 31.2. The Balaban J connectivity index is 1.13. The molecular weight excluding hydrogens is 773 g/mol. The molecule has 6 heteroatoms. The van der Waals surface area contributed by atoms with Gasteiger partial charge in [0.15, 0.2) is 17.5 Å². The molecule has 0 aliphatic heterocycles. The van der Waals surface area contributed by atoms with Crippen molar-refractivity contribution >= 4 is 98.0 Å². The maximum absolute atomic E-state index is 7.06. The molecule has 14 aromatic rings. The fourth-order valence-corrected chi connectivity index (χ4v) is 9.95. The van der Waals surface area contributed by atoms with Gasteiger partial charge in [-0.25, -0.2) is 15.0 Å². The van der Waals surface area contributed by atoms with Gasteiger partial charge >= 0.3 is 0 Å². The Labute approximate surface area is 358 Å². The third kappa shape index (κ3) is 5.03. The number of rotatable bonds is 4. The van der Waals surface area contributed by atoms with E-state index in [-0.39, 0.29) is 0 Å². The molecule has 0 amide bonds. The van der Waals surface area contributed by atoms with Crippen molar-refractivity contribution in [3.63, 3.8) is 0 Å². The Bertz CT molecular complexity index is 4220. The minimum Gasteiger partial charge on any atom is -0.456 e. The number of nitrogens with zero attached hydrogens (tertiary/aromatic N) is 4. The zero-order chi connectivity index (χ0) is 41.2. The van der Waals surface area contributed by atoms with Gasteiger partial charge in [0, 0.05) is 49.0 Å². The van der Waals surface area contributed by atoms with Crippen LogP contribution < -0.4 is 0 Å². The number of hydrogen-bond acceptors (Lipinski definition) is 5. The van der Waals surface area contributed by atoms with Crippen molar-refractivity contribution in [3.05, 3.63) is 194 Å². The van der Waals surface area contributed by atoms with Crippen molar-refractivity contribution < 1.29 is 8.83 Å². The van der Waals surface area contributed by atoms with Gasteiger partial charge in [0.2, 0.25) is 0 Å². The van der Waals surface area contributed by atoms with Gasteiger partial charge in [0.25, 0.3) is 0 Å². The van der Waals surface area contributed by atoms with E-state index in [4.69, 9.17) is 23.8 Å². The number of aromatic nitrogens is 4. The highest BCUT2D eigenvalue weighted by Gasteiger charge is 2.24. The predicted molar refractivity (Wildman–Crippen MR) is 258 cm³/mol. The molecular formula is C57H32N4O2. The van der Waals surface area contributed by atoms with E-state index < -0.39 is 0 Å². The summed E-state index contributed by atoms with van der Waals surface area (Å²) in [6, 6.07) is 68.0. The molecule has 292 valence electrons. The molecule has 10 aromatic carbocycles. The second-order valence-corrected chi connectivity index (χ2v) is 16.3. The summed E-state index contributed by atoms with van der Waals surface area (Å²) in [5, 5.41) is 13.4. The summed E-state index contributed by atoms with van der Waals surface area (Å²) in [5.41, 5.74) is 8.95. The number of furan rings is 2. The van der Waals surface area contributed by atoms with E-state index >= 15 is 0 Å². The number of para-hydroxylation sites is 1. The molecule has 0 atom stereocenters. The lowest BCUT2D eigenvalue weighted by atomic mass is 10.0. The van der Waals surface area contributed by atoms with E-state index in [1.807, 2.05) is 60.7 Å². The van der Waals surface area contributed by atoms with E-state index in [2.05, 4.69) is 138 Å². The zero-order valence-electron chi connectivity index (χ0n) is 33.6. The van der Waals surface area contributed by atoms with Crippen molar-refractivity contribution in [2.45, 2.75) is 0 Å². The summed E-state index contributed by atoms with van der Waals surface area (Å²) >= 11 is 0. The lowest BCUT2D eigenvalue weighted by Gasteiger charge is -2.14. The highest BCUT2D eigenvalue weighted by molar-refractivity contribution is 6.25. The monoisotopic (exact) mass is 804 g/mol. The largest absolute Gasteiger partial charge is 0.456 e. The van der Waals surface area contributed by atoms with Gasteiger partial charge in [0.05, 0.1) is 22.1 Å². The van der Waals surface area contributed by atoms with Crippen LogP contribution in [0, 0.1) is 0 Å². The van der Waals surface area contributed by atoms with Crippen molar-refractivity contribution in [1.29, 1.82) is 0 Å². The standard InChI is InChI=1S/C57H32N4O2/c1-2-15-35(16-3-1)55-58-56(60-57(59-55)43-22-12-24-49-52(43)41-21-10-11-23-48(41)62-49)38-31-47(53-42-27-25-34-14-7-9-20-40(34)54(42)63-50(53)32-38)61-45-28-26-33-13-6-8-19-39(33)51(45)44-29-36-17-4-5-18-37(36)30-46(44)61/h1-32H. The van der Waals surface area contributed by atoms with Crippen LogP contribution >= 0.6 is 0 Å². The van der Waals surface area contributed by atoms with Gasteiger partial charge in [-0.2, -0.15) is 0 Å². The van der Waals surface area contributed by atoms with Crippen LogP contribution in [0.4, 0.5) is 0 Å². The maximum atomic E-state index is 7.06. The van der Waals surface area contributed by atoms with E-state index in [1.165, 1.54) is 32.3 Å². The first-order valence-corrected chi connectivity index (χ1v) is 21.2. The third-order valence-corrected chi connectivity index (χ3v) is 12.8. The van der Waals surface area contributed by atoms with E-state index in [1.54, 1.807) is 0 Å². The van der Waals surface area contributed by atoms with Gasteiger partial charge in [-0.15, -0.1) is 0 Å². The summed E-state index contributed by atoms with van der Waals surface area (Å²) in [4.78, 5) is 15.8. The fourth-order valence-electron chi connectivity index (χ4n) is 9.95. The van der Waals surface area contributed by atoms with Crippen molar-refractivity contribution in [1.82, 2.24) is 19.5 Å².